The fourth-order valence-corrected chi connectivity index (χ4v) is 4.06. The van der Waals surface area contributed by atoms with E-state index in [-0.39, 0.29) is 11.5 Å². The summed E-state index contributed by atoms with van der Waals surface area (Å²) in [6.07, 6.45) is 0. The quantitative estimate of drug-likeness (QED) is 0.809. The van der Waals surface area contributed by atoms with E-state index < -0.39 is 0 Å². The maximum absolute atomic E-state index is 6.21. The van der Waals surface area contributed by atoms with Gasteiger partial charge in [-0.3, -0.25) is 4.90 Å². The van der Waals surface area contributed by atoms with Gasteiger partial charge in [0.05, 0.1) is 0 Å². The van der Waals surface area contributed by atoms with E-state index in [1.807, 2.05) is 0 Å². The number of thioether (sulfide) groups is 1. The summed E-state index contributed by atoms with van der Waals surface area (Å²) in [6, 6.07) is 1.34. The van der Waals surface area contributed by atoms with Gasteiger partial charge in [0.15, 0.2) is 0 Å². The molecule has 0 aromatic heterocycles. The zero-order chi connectivity index (χ0) is 12.5. The van der Waals surface area contributed by atoms with Crippen molar-refractivity contribution in [2.45, 2.75) is 64.9 Å². The van der Waals surface area contributed by atoms with Crippen LogP contribution in [-0.4, -0.2) is 40.6 Å². The SMILES string of the molecule is CC(N)C(N1CCSC(C)C1C)C(C)(C)C. The first-order chi connectivity index (χ1) is 7.25. The Morgan fingerprint density at radius 2 is 1.88 bits per heavy atom. The largest absolute Gasteiger partial charge is 0.327 e. The summed E-state index contributed by atoms with van der Waals surface area (Å²) in [6.45, 7) is 14.9. The zero-order valence-electron chi connectivity index (χ0n) is 11.7. The number of rotatable bonds is 2. The monoisotopic (exact) mass is 244 g/mol. The summed E-state index contributed by atoms with van der Waals surface area (Å²) >= 11 is 2.09. The molecule has 16 heavy (non-hydrogen) atoms. The minimum atomic E-state index is 0.234. The van der Waals surface area contributed by atoms with Crippen molar-refractivity contribution in [3.8, 4) is 0 Å². The maximum atomic E-state index is 6.21. The lowest BCUT2D eigenvalue weighted by atomic mass is 9.81. The lowest BCUT2D eigenvalue weighted by Gasteiger charge is -2.49. The first kappa shape index (κ1) is 14.3. The first-order valence-corrected chi connectivity index (χ1v) is 7.43. The van der Waals surface area contributed by atoms with Crippen LogP contribution in [0.25, 0.3) is 0 Å². The predicted octanol–water partition coefficient (Wildman–Crippen LogP) is 2.57. The summed E-state index contributed by atoms with van der Waals surface area (Å²) in [4.78, 5) is 2.63. The molecule has 0 aromatic rings. The molecular weight excluding hydrogens is 216 g/mol. The van der Waals surface area contributed by atoms with Gasteiger partial charge in [-0.05, 0) is 19.3 Å². The fraction of sp³-hybridized carbons (Fsp3) is 1.00. The summed E-state index contributed by atoms with van der Waals surface area (Å²) < 4.78 is 0. The van der Waals surface area contributed by atoms with Gasteiger partial charge in [0, 0.05) is 35.7 Å². The number of nitrogens with two attached hydrogens (primary N) is 1. The Morgan fingerprint density at radius 1 is 1.31 bits per heavy atom. The van der Waals surface area contributed by atoms with Crippen LogP contribution in [0.1, 0.15) is 41.5 Å². The van der Waals surface area contributed by atoms with Crippen LogP contribution in [-0.2, 0) is 0 Å². The minimum Gasteiger partial charge on any atom is -0.327 e. The summed E-state index contributed by atoms with van der Waals surface area (Å²) in [5, 5.41) is 0.720. The van der Waals surface area contributed by atoms with E-state index in [1.165, 1.54) is 12.3 Å². The van der Waals surface area contributed by atoms with Crippen LogP contribution < -0.4 is 5.73 Å². The van der Waals surface area contributed by atoms with Crippen molar-refractivity contribution in [3.63, 3.8) is 0 Å². The Kier molecular flexibility index (Phi) is 4.73. The van der Waals surface area contributed by atoms with Gasteiger partial charge >= 0.3 is 0 Å². The van der Waals surface area contributed by atoms with Crippen LogP contribution in [0.4, 0.5) is 0 Å². The second-order valence-corrected chi connectivity index (χ2v) is 7.71. The van der Waals surface area contributed by atoms with Gasteiger partial charge in [0.25, 0.3) is 0 Å². The highest BCUT2D eigenvalue weighted by Crippen LogP contribution is 2.33. The topological polar surface area (TPSA) is 29.3 Å². The molecular formula is C13H28N2S. The molecule has 1 heterocycles. The molecule has 2 N–H and O–H groups in total. The second kappa shape index (κ2) is 5.28. The Balaban J connectivity index is 2.86. The molecule has 0 aromatic carbocycles. The van der Waals surface area contributed by atoms with Crippen molar-refractivity contribution in [1.29, 1.82) is 0 Å². The van der Waals surface area contributed by atoms with E-state index in [0.717, 1.165) is 5.25 Å². The van der Waals surface area contributed by atoms with Gasteiger partial charge in [-0.25, -0.2) is 0 Å². The molecule has 1 aliphatic rings. The number of hydrogen-bond acceptors (Lipinski definition) is 3. The molecule has 0 amide bonds. The summed E-state index contributed by atoms with van der Waals surface area (Å²) in [5.74, 6) is 1.24. The third-order valence-electron chi connectivity index (χ3n) is 3.68. The first-order valence-electron chi connectivity index (χ1n) is 6.38. The molecule has 1 saturated heterocycles. The van der Waals surface area contributed by atoms with Crippen molar-refractivity contribution in [2.75, 3.05) is 12.3 Å². The molecule has 3 heteroatoms. The Morgan fingerprint density at radius 3 is 2.31 bits per heavy atom. The summed E-state index contributed by atoms with van der Waals surface area (Å²) in [7, 11) is 0. The molecule has 0 radical (unpaired) electrons. The van der Waals surface area contributed by atoms with Gasteiger partial charge < -0.3 is 5.73 Å². The molecule has 1 fully saturated rings. The lowest BCUT2D eigenvalue weighted by Crippen LogP contribution is -2.60. The molecule has 4 atom stereocenters. The molecule has 0 spiro atoms. The van der Waals surface area contributed by atoms with Crippen LogP contribution >= 0.6 is 11.8 Å². The normalized spacial score (nSPS) is 32.4. The molecule has 1 aliphatic heterocycles. The zero-order valence-corrected chi connectivity index (χ0v) is 12.5. The van der Waals surface area contributed by atoms with Crippen molar-refractivity contribution in [1.82, 2.24) is 4.90 Å². The third-order valence-corrected chi connectivity index (χ3v) is 5.01. The van der Waals surface area contributed by atoms with Gasteiger partial charge in [0.1, 0.15) is 0 Å². The second-order valence-electron chi connectivity index (χ2n) is 6.22. The maximum Gasteiger partial charge on any atom is 0.0296 e. The van der Waals surface area contributed by atoms with Gasteiger partial charge in [-0.15, -0.1) is 0 Å². The van der Waals surface area contributed by atoms with Crippen molar-refractivity contribution in [2.24, 2.45) is 11.1 Å². The Labute approximate surface area is 105 Å². The fourth-order valence-electron chi connectivity index (χ4n) is 2.94. The third kappa shape index (κ3) is 3.14. The average Bonchev–Trinajstić information content (AvgIpc) is 2.09. The minimum absolute atomic E-state index is 0.234. The highest BCUT2D eigenvalue weighted by molar-refractivity contribution is 8.00. The highest BCUT2D eigenvalue weighted by Gasteiger charge is 2.38. The molecule has 4 unspecified atom stereocenters. The van der Waals surface area contributed by atoms with Crippen molar-refractivity contribution < 1.29 is 0 Å². The van der Waals surface area contributed by atoms with E-state index in [0.29, 0.717) is 12.1 Å². The predicted molar refractivity (Wildman–Crippen MR) is 75.0 cm³/mol. The van der Waals surface area contributed by atoms with Gasteiger partial charge in [-0.2, -0.15) is 11.8 Å². The van der Waals surface area contributed by atoms with Crippen LogP contribution in [0.15, 0.2) is 0 Å². The number of nitrogens with zero attached hydrogens (tertiary/aromatic N) is 1. The van der Waals surface area contributed by atoms with E-state index in [2.05, 4.69) is 58.2 Å². The van der Waals surface area contributed by atoms with Crippen LogP contribution in [0, 0.1) is 5.41 Å². The molecule has 1 rings (SSSR count). The highest BCUT2D eigenvalue weighted by atomic mass is 32.2. The van der Waals surface area contributed by atoms with Crippen molar-refractivity contribution >= 4 is 11.8 Å². The average molecular weight is 244 g/mol. The van der Waals surface area contributed by atoms with Crippen LogP contribution in [0.2, 0.25) is 0 Å². The molecule has 0 aliphatic carbocycles. The van der Waals surface area contributed by atoms with E-state index in [1.54, 1.807) is 0 Å². The van der Waals surface area contributed by atoms with E-state index in [9.17, 15) is 0 Å². The standard InChI is InChI=1S/C13H28N2S/c1-9(14)12(13(4,5)6)15-7-8-16-11(3)10(15)2/h9-12H,7-8,14H2,1-6H3. The van der Waals surface area contributed by atoms with E-state index in [4.69, 9.17) is 5.73 Å². The molecule has 2 nitrogen and oxygen atoms in total. The Bertz CT molecular complexity index is 222. The van der Waals surface area contributed by atoms with Crippen molar-refractivity contribution in [3.05, 3.63) is 0 Å². The van der Waals surface area contributed by atoms with E-state index >= 15 is 0 Å². The smallest absolute Gasteiger partial charge is 0.0296 e. The molecule has 96 valence electrons. The molecule has 0 saturated carbocycles. The number of hydrogen-bond donors (Lipinski definition) is 1. The van der Waals surface area contributed by atoms with Gasteiger partial charge in [-0.1, -0.05) is 27.7 Å². The van der Waals surface area contributed by atoms with Crippen LogP contribution in [0.5, 0.6) is 0 Å². The Hall–Kier alpha value is 0.270. The summed E-state index contributed by atoms with van der Waals surface area (Å²) in [5.41, 5.74) is 6.47. The molecule has 0 bridgehead atoms. The van der Waals surface area contributed by atoms with Gasteiger partial charge in [0.2, 0.25) is 0 Å². The van der Waals surface area contributed by atoms with Crippen LogP contribution in [0.3, 0.4) is 0 Å². The lowest BCUT2D eigenvalue weighted by molar-refractivity contribution is 0.0524.